The zero-order chi connectivity index (χ0) is 20.6. The molecule has 0 unspecified atom stereocenters. The Morgan fingerprint density at radius 1 is 1.00 bits per heavy atom. The van der Waals surface area contributed by atoms with Gasteiger partial charge in [0, 0.05) is 13.1 Å². The van der Waals surface area contributed by atoms with Crippen LogP contribution in [0.4, 0.5) is 5.88 Å². The highest BCUT2D eigenvalue weighted by molar-refractivity contribution is 7.91. The van der Waals surface area contributed by atoms with E-state index in [0.717, 1.165) is 0 Å². The first-order valence-corrected chi connectivity index (χ1v) is 11.2. The molecule has 0 spiro atoms. The lowest BCUT2D eigenvalue weighted by molar-refractivity contribution is -0.00657. The zero-order valence-corrected chi connectivity index (χ0v) is 17.7. The monoisotopic (exact) mass is 432 g/mol. The van der Waals surface area contributed by atoms with Crippen LogP contribution < -0.4 is 4.90 Å². The number of sulfone groups is 1. The lowest BCUT2D eigenvalue weighted by Gasteiger charge is -2.35. The number of ether oxygens (including phenoxy) is 1. The van der Waals surface area contributed by atoms with Crippen LogP contribution in [0.1, 0.15) is 13.8 Å². The molecule has 2 atom stereocenters. The lowest BCUT2D eigenvalue weighted by atomic mass is 10.2. The summed E-state index contributed by atoms with van der Waals surface area (Å²) in [6, 6.07) is 15.3. The van der Waals surface area contributed by atoms with Gasteiger partial charge in [-0.3, -0.25) is 0 Å². The van der Waals surface area contributed by atoms with Gasteiger partial charge in [-0.05, 0) is 38.1 Å². The van der Waals surface area contributed by atoms with Crippen molar-refractivity contribution in [3.8, 4) is 11.5 Å². The third-order valence-electron chi connectivity index (χ3n) is 4.70. The maximum absolute atomic E-state index is 13.4. The number of hydrogen-bond acceptors (Lipinski definition) is 6. The Hall–Kier alpha value is -2.35. The first-order chi connectivity index (χ1) is 13.9. The van der Waals surface area contributed by atoms with Gasteiger partial charge in [-0.15, -0.1) is 0 Å². The van der Waals surface area contributed by atoms with Crippen molar-refractivity contribution >= 4 is 27.3 Å². The maximum Gasteiger partial charge on any atom is 0.236 e. The highest BCUT2D eigenvalue weighted by atomic mass is 35.5. The first kappa shape index (κ1) is 19.9. The van der Waals surface area contributed by atoms with Gasteiger partial charge in [-0.1, -0.05) is 41.9 Å². The second-order valence-electron chi connectivity index (χ2n) is 7.09. The molecule has 0 N–H and O–H groups in total. The molecule has 1 saturated heterocycles. The normalized spacial score (nSPS) is 20.0. The van der Waals surface area contributed by atoms with Crippen LogP contribution >= 0.6 is 11.6 Å². The number of anilines is 1. The summed E-state index contributed by atoms with van der Waals surface area (Å²) in [5.74, 6) is 0.387. The highest BCUT2D eigenvalue weighted by Gasteiger charge is 2.34. The van der Waals surface area contributed by atoms with Crippen molar-refractivity contribution in [2.45, 2.75) is 36.0 Å². The van der Waals surface area contributed by atoms with Crippen molar-refractivity contribution in [1.29, 1.82) is 0 Å². The van der Waals surface area contributed by atoms with Gasteiger partial charge >= 0.3 is 0 Å². The summed E-state index contributed by atoms with van der Waals surface area (Å²) < 4.78 is 38.6. The zero-order valence-electron chi connectivity index (χ0n) is 16.1. The molecule has 3 aromatic rings. The Balaban J connectivity index is 1.88. The van der Waals surface area contributed by atoms with Crippen LogP contribution in [0.5, 0.6) is 0 Å². The minimum atomic E-state index is -3.88. The summed E-state index contributed by atoms with van der Waals surface area (Å²) in [7, 11) is -3.88. The standard InChI is InChI=1S/C21H21ClN2O4S/c1-14-12-24(13-15(2)27-14)21-20(29(25,26)16-8-4-3-5-9-16)23-19(28-21)17-10-6-7-11-18(17)22/h3-11,14-15H,12-13H2,1-2H3/t14-,15-/m1/s1. The number of halogens is 1. The second-order valence-corrected chi connectivity index (χ2v) is 9.36. The summed E-state index contributed by atoms with van der Waals surface area (Å²) in [5, 5.41) is 0.326. The Labute approximate surface area is 175 Å². The number of morpholine rings is 1. The number of oxazole rings is 1. The molecule has 152 valence electrons. The summed E-state index contributed by atoms with van der Waals surface area (Å²) in [5.41, 5.74) is 0.541. The molecule has 1 aromatic heterocycles. The van der Waals surface area contributed by atoms with Gasteiger partial charge in [0.1, 0.15) is 0 Å². The smallest absolute Gasteiger partial charge is 0.236 e. The molecule has 1 fully saturated rings. The summed E-state index contributed by atoms with van der Waals surface area (Å²) >= 11 is 6.30. The second kappa shape index (κ2) is 7.82. The summed E-state index contributed by atoms with van der Waals surface area (Å²) in [6.45, 7) is 4.89. The maximum atomic E-state index is 13.4. The largest absolute Gasteiger partial charge is 0.419 e. The van der Waals surface area contributed by atoms with E-state index >= 15 is 0 Å². The van der Waals surface area contributed by atoms with Crippen molar-refractivity contribution in [3.05, 3.63) is 59.6 Å². The number of benzene rings is 2. The third kappa shape index (κ3) is 3.90. The van der Waals surface area contributed by atoms with Gasteiger partial charge in [-0.25, -0.2) is 8.42 Å². The predicted molar refractivity (Wildman–Crippen MR) is 111 cm³/mol. The lowest BCUT2D eigenvalue weighted by Crippen LogP contribution is -2.45. The fourth-order valence-electron chi connectivity index (χ4n) is 3.48. The Kier molecular flexibility index (Phi) is 5.38. The number of hydrogen-bond donors (Lipinski definition) is 0. The molecule has 2 aromatic carbocycles. The van der Waals surface area contributed by atoms with E-state index in [-0.39, 0.29) is 33.9 Å². The number of aromatic nitrogens is 1. The van der Waals surface area contributed by atoms with Crippen molar-refractivity contribution in [1.82, 2.24) is 4.98 Å². The Morgan fingerprint density at radius 3 is 2.28 bits per heavy atom. The van der Waals surface area contributed by atoms with Gasteiger partial charge in [0.15, 0.2) is 0 Å². The highest BCUT2D eigenvalue weighted by Crippen LogP contribution is 2.37. The van der Waals surface area contributed by atoms with Crippen LogP contribution in [0, 0.1) is 0 Å². The quantitative estimate of drug-likeness (QED) is 0.606. The third-order valence-corrected chi connectivity index (χ3v) is 6.70. The molecule has 0 radical (unpaired) electrons. The minimum Gasteiger partial charge on any atom is -0.419 e. The van der Waals surface area contributed by atoms with Crippen molar-refractivity contribution in [2.75, 3.05) is 18.0 Å². The van der Waals surface area contributed by atoms with Crippen LogP contribution in [0.3, 0.4) is 0 Å². The molecule has 0 aliphatic carbocycles. The van der Waals surface area contributed by atoms with Gasteiger partial charge < -0.3 is 14.1 Å². The van der Waals surface area contributed by atoms with E-state index in [4.69, 9.17) is 20.8 Å². The molecule has 0 bridgehead atoms. The van der Waals surface area contributed by atoms with Crippen molar-refractivity contribution in [2.24, 2.45) is 0 Å². The molecule has 1 aliphatic rings. The van der Waals surface area contributed by atoms with Crippen LogP contribution in [-0.2, 0) is 14.6 Å². The van der Waals surface area contributed by atoms with E-state index in [1.54, 1.807) is 54.6 Å². The first-order valence-electron chi connectivity index (χ1n) is 9.32. The average Bonchev–Trinajstić information content (AvgIpc) is 3.14. The molecular formula is C21H21ClN2O4S. The van der Waals surface area contributed by atoms with Crippen LogP contribution in [0.2, 0.25) is 5.02 Å². The van der Waals surface area contributed by atoms with E-state index < -0.39 is 9.84 Å². The van der Waals surface area contributed by atoms with Crippen LogP contribution in [0.25, 0.3) is 11.5 Å². The summed E-state index contributed by atoms with van der Waals surface area (Å²) in [6.07, 6.45) is -0.139. The van der Waals surface area contributed by atoms with E-state index in [1.807, 2.05) is 18.7 Å². The van der Waals surface area contributed by atoms with Crippen LogP contribution in [-0.4, -0.2) is 38.7 Å². The van der Waals surface area contributed by atoms with Crippen molar-refractivity contribution in [3.63, 3.8) is 0 Å². The molecule has 6 nitrogen and oxygen atoms in total. The molecule has 8 heteroatoms. The fourth-order valence-corrected chi connectivity index (χ4v) is 5.04. The molecule has 0 saturated carbocycles. The summed E-state index contributed by atoms with van der Waals surface area (Å²) in [4.78, 5) is 6.43. The van der Waals surface area contributed by atoms with Gasteiger partial charge in [0.05, 0.1) is 27.7 Å². The SMILES string of the molecule is C[C@@H]1CN(c2oc(-c3ccccc3Cl)nc2S(=O)(=O)c2ccccc2)C[C@@H](C)O1. The van der Waals surface area contributed by atoms with E-state index in [9.17, 15) is 8.42 Å². The van der Waals surface area contributed by atoms with Crippen molar-refractivity contribution < 1.29 is 17.6 Å². The van der Waals surface area contributed by atoms with Crippen LogP contribution in [0.15, 0.2) is 68.9 Å². The molecule has 2 heterocycles. The Bertz CT molecular complexity index is 1100. The molecule has 29 heavy (non-hydrogen) atoms. The minimum absolute atomic E-state index is 0.0695. The Morgan fingerprint density at radius 2 is 1.62 bits per heavy atom. The average molecular weight is 433 g/mol. The van der Waals surface area contributed by atoms with E-state index in [0.29, 0.717) is 23.7 Å². The van der Waals surface area contributed by atoms with Gasteiger partial charge in [0.2, 0.25) is 26.6 Å². The number of rotatable bonds is 4. The molecule has 4 rings (SSSR count). The van der Waals surface area contributed by atoms with E-state index in [1.165, 1.54) is 0 Å². The number of nitrogens with zero attached hydrogens (tertiary/aromatic N) is 2. The topological polar surface area (TPSA) is 72.6 Å². The molecule has 1 aliphatic heterocycles. The van der Waals surface area contributed by atoms with Gasteiger partial charge in [-0.2, -0.15) is 4.98 Å². The fraction of sp³-hybridized carbons (Fsp3) is 0.286. The molecule has 0 amide bonds. The molecular weight excluding hydrogens is 412 g/mol. The van der Waals surface area contributed by atoms with E-state index in [2.05, 4.69) is 4.98 Å². The predicted octanol–water partition coefficient (Wildman–Crippen LogP) is 4.44. The van der Waals surface area contributed by atoms with Gasteiger partial charge in [0.25, 0.3) is 0 Å².